The normalized spacial score (nSPS) is 21.2. The van der Waals surface area contributed by atoms with Crippen molar-refractivity contribution in [2.45, 2.75) is 44.0 Å². The zero-order valence-electron chi connectivity index (χ0n) is 25.1. The molecule has 1 aromatic heterocycles. The Morgan fingerprint density at radius 1 is 1.13 bits per heavy atom. The molecule has 0 saturated carbocycles. The van der Waals surface area contributed by atoms with Crippen molar-refractivity contribution in [2.24, 2.45) is 0 Å². The summed E-state index contributed by atoms with van der Waals surface area (Å²) in [6.45, 7) is 4.78. The number of likely N-dealkylation sites (tertiary alicyclic amines) is 1. The number of hydrogen-bond acceptors (Lipinski definition) is 9. The van der Waals surface area contributed by atoms with E-state index >= 15 is 0 Å². The Morgan fingerprint density at radius 3 is 2.67 bits per heavy atom. The van der Waals surface area contributed by atoms with Crippen molar-refractivity contribution in [3.63, 3.8) is 0 Å². The second-order valence-electron chi connectivity index (χ2n) is 11.9. The van der Waals surface area contributed by atoms with Crippen LogP contribution in [0.15, 0.2) is 59.4 Å². The molecule has 3 aromatic carbocycles. The minimum absolute atomic E-state index is 0.133. The number of rotatable bonds is 9. The second kappa shape index (κ2) is 12.7. The molecule has 3 N–H and O–H groups in total. The molecule has 1 unspecified atom stereocenters. The van der Waals surface area contributed by atoms with Crippen LogP contribution in [0.2, 0.25) is 5.02 Å². The first-order chi connectivity index (χ1) is 22.2. The summed E-state index contributed by atoms with van der Waals surface area (Å²) in [5.41, 5.74) is 3.43. The largest absolute Gasteiger partial charge is 0.444 e. The Hall–Kier alpha value is -3.97. The highest BCUT2D eigenvalue weighted by atomic mass is 35.5. The molecular formula is C33H33ClFN5O5S. The first-order valence-corrected chi connectivity index (χ1v) is 16.5. The maximum atomic E-state index is 14.8. The standard InChI is InChI=1S/C33H33ClFN5O5S/c1-33(24-7-6-21(34)16-25(24)35)44-28-4-2-3-23(30(28)45-33)19-9-12-40(13-10-19)18-29(41)37-27-15-20(31-38-39-32(42)46-31)5-8-26(27)36-17-22-11-14-43-22/h2-8,15-16,19,22,36H,9-14,17-18H2,1H3,(H,37,41)(H,39,42)/t22-,33?/m0/s1. The number of aromatic amines is 1. The summed E-state index contributed by atoms with van der Waals surface area (Å²) in [5.74, 6) is -0.532. The third kappa shape index (κ3) is 6.35. The summed E-state index contributed by atoms with van der Waals surface area (Å²) in [6.07, 6.45) is 2.79. The predicted octanol–water partition coefficient (Wildman–Crippen LogP) is 5.95. The third-order valence-corrected chi connectivity index (χ3v) is 9.75. The van der Waals surface area contributed by atoms with Gasteiger partial charge in [0.25, 0.3) is 5.79 Å². The molecule has 0 aliphatic carbocycles. The first kappa shape index (κ1) is 30.7. The van der Waals surface area contributed by atoms with Gasteiger partial charge in [0.05, 0.1) is 29.6 Å². The van der Waals surface area contributed by atoms with Gasteiger partial charge in [-0.25, -0.2) is 9.49 Å². The number of hydrogen-bond donors (Lipinski definition) is 3. The Kier molecular flexibility index (Phi) is 8.45. The van der Waals surface area contributed by atoms with E-state index in [1.165, 1.54) is 6.07 Å². The van der Waals surface area contributed by atoms with Crippen LogP contribution in [-0.2, 0) is 15.3 Å². The summed E-state index contributed by atoms with van der Waals surface area (Å²) < 4.78 is 32.8. The zero-order chi connectivity index (χ0) is 31.8. The van der Waals surface area contributed by atoms with Crippen LogP contribution < -0.4 is 25.0 Å². The van der Waals surface area contributed by atoms with Gasteiger partial charge in [0.2, 0.25) is 5.91 Å². The molecule has 2 fully saturated rings. The van der Waals surface area contributed by atoms with E-state index in [0.29, 0.717) is 33.8 Å². The smallest absolute Gasteiger partial charge is 0.322 e. The Bertz CT molecular complexity index is 1820. The minimum atomic E-state index is -1.31. The van der Waals surface area contributed by atoms with E-state index in [1.54, 1.807) is 19.1 Å². The van der Waals surface area contributed by atoms with Crippen LogP contribution in [0.3, 0.4) is 0 Å². The molecular weight excluding hydrogens is 633 g/mol. The average Bonchev–Trinajstić information content (AvgIpc) is 3.60. The molecule has 0 bridgehead atoms. The van der Waals surface area contributed by atoms with Gasteiger partial charge in [-0.2, -0.15) is 5.10 Å². The van der Waals surface area contributed by atoms with Gasteiger partial charge in [-0.1, -0.05) is 35.1 Å². The van der Waals surface area contributed by atoms with E-state index in [-0.39, 0.29) is 34.9 Å². The molecule has 1 amide bonds. The van der Waals surface area contributed by atoms with Crippen molar-refractivity contribution >= 4 is 40.2 Å². The van der Waals surface area contributed by atoms with Crippen LogP contribution in [0.4, 0.5) is 15.8 Å². The number of benzene rings is 3. The number of ether oxygens (including phenoxy) is 3. The van der Waals surface area contributed by atoms with Gasteiger partial charge in [-0.05, 0) is 80.7 Å². The maximum absolute atomic E-state index is 14.8. The van der Waals surface area contributed by atoms with E-state index in [1.807, 2.05) is 36.4 Å². The van der Waals surface area contributed by atoms with Gasteiger partial charge in [0.15, 0.2) is 11.5 Å². The predicted molar refractivity (Wildman–Crippen MR) is 175 cm³/mol. The molecule has 2 saturated heterocycles. The number of carbonyl (C=O) groups excluding carboxylic acids is 1. The molecule has 7 rings (SSSR count). The Labute approximate surface area is 273 Å². The topological polar surface area (TPSA) is 118 Å². The van der Waals surface area contributed by atoms with Crippen molar-refractivity contribution in [1.29, 1.82) is 0 Å². The second-order valence-corrected chi connectivity index (χ2v) is 13.3. The van der Waals surface area contributed by atoms with E-state index in [0.717, 1.165) is 67.1 Å². The van der Waals surface area contributed by atoms with Crippen molar-refractivity contribution < 1.29 is 23.4 Å². The molecule has 0 spiro atoms. The molecule has 4 heterocycles. The lowest BCUT2D eigenvalue weighted by Gasteiger charge is -2.32. The summed E-state index contributed by atoms with van der Waals surface area (Å²) in [5, 5.41) is 13.9. The number of nitrogens with zero attached hydrogens (tertiary/aromatic N) is 2. The van der Waals surface area contributed by atoms with Crippen LogP contribution >= 0.6 is 22.9 Å². The van der Waals surface area contributed by atoms with Crippen LogP contribution in [0, 0.1) is 5.82 Å². The highest BCUT2D eigenvalue weighted by Crippen LogP contribution is 2.49. The van der Waals surface area contributed by atoms with Crippen molar-refractivity contribution in [2.75, 3.05) is 43.4 Å². The number of fused-ring (bicyclic) bond motifs is 1. The average molecular weight is 666 g/mol. The number of anilines is 2. The summed E-state index contributed by atoms with van der Waals surface area (Å²) in [7, 11) is 0. The number of para-hydroxylation sites is 1. The highest BCUT2D eigenvalue weighted by Gasteiger charge is 2.43. The third-order valence-electron chi connectivity index (χ3n) is 8.72. The summed E-state index contributed by atoms with van der Waals surface area (Å²) in [6, 6.07) is 15.9. The van der Waals surface area contributed by atoms with Crippen LogP contribution in [0.1, 0.15) is 43.2 Å². The van der Waals surface area contributed by atoms with E-state index in [4.69, 9.17) is 25.8 Å². The summed E-state index contributed by atoms with van der Waals surface area (Å²) >= 11 is 6.98. The van der Waals surface area contributed by atoms with Gasteiger partial charge in [-0.3, -0.25) is 14.5 Å². The quantitative estimate of drug-likeness (QED) is 0.201. The monoisotopic (exact) mass is 665 g/mol. The number of carbonyl (C=O) groups is 1. The van der Waals surface area contributed by atoms with Crippen molar-refractivity contribution in [3.05, 3.63) is 86.2 Å². The number of aromatic nitrogens is 2. The van der Waals surface area contributed by atoms with E-state index < -0.39 is 11.6 Å². The molecule has 2 atom stereocenters. The number of H-pyrrole nitrogens is 1. The van der Waals surface area contributed by atoms with Gasteiger partial charge < -0.3 is 24.8 Å². The molecule has 3 aliphatic heterocycles. The fourth-order valence-corrected chi connectivity index (χ4v) is 6.95. The van der Waals surface area contributed by atoms with Gasteiger partial charge in [-0.15, -0.1) is 0 Å². The molecule has 46 heavy (non-hydrogen) atoms. The van der Waals surface area contributed by atoms with Crippen LogP contribution in [-0.4, -0.2) is 59.9 Å². The maximum Gasteiger partial charge on any atom is 0.322 e. The number of halogens is 2. The van der Waals surface area contributed by atoms with Crippen LogP contribution in [0.5, 0.6) is 11.5 Å². The number of nitrogens with one attached hydrogen (secondary N) is 3. The van der Waals surface area contributed by atoms with Crippen LogP contribution in [0.25, 0.3) is 10.6 Å². The number of amides is 1. The fraction of sp³-hybridized carbons (Fsp3) is 0.364. The van der Waals surface area contributed by atoms with Crippen molar-refractivity contribution in [3.8, 4) is 22.1 Å². The Morgan fingerprint density at radius 2 is 1.96 bits per heavy atom. The Balaban J connectivity index is 0.997. The highest BCUT2D eigenvalue weighted by molar-refractivity contribution is 7.12. The molecule has 13 heteroatoms. The van der Waals surface area contributed by atoms with Gasteiger partial charge >= 0.3 is 4.87 Å². The molecule has 240 valence electrons. The van der Waals surface area contributed by atoms with Gasteiger partial charge in [0, 0.05) is 36.2 Å². The molecule has 10 nitrogen and oxygen atoms in total. The zero-order valence-corrected chi connectivity index (χ0v) is 26.7. The van der Waals surface area contributed by atoms with E-state index in [9.17, 15) is 14.0 Å². The summed E-state index contributed by atoms with van der Waals surface area (Å²) in [4.78, 5) is 26.9. The fourth-order valence-electron chi connectivity index (χ4n) is 6.19. The lowest BCUT2D eigenvalue weighted by Crippen LogP contribution is -2.39. The van der Waals surface area contributed by atoms with E-state index in [2.05, 4.69) is 25.7 Å². The lowest BCUT2D eigenvalue weighted by atomic mass is 9.88. The van der Waals surface area contributed by atoms with Crippen molar-refractivity contribution in [1.82, 2.24) is 15.1 Å². The molecule has 0 radical (unpaired) electrons. The SMILES string of the molecule is CC1(c2ccc(Cl)cc2F)Oc2cccc(C3CCN(CC(=O)Nc4cc(-c5n[nH]c(=O)s5)ccc4NC[C@@H]4CCO4)CC3)c2O1. The lowest BCUT2D eigenvalue weighted by molar-refractivity contribution is -0.117. The first-order valence-electron chi connectivity index (χ1n) is 15.3. The molecule has 4 aromatic rings. The number of piperidine rings is 1. The minimum Gasteiger partial charge on any atom is -0.444 e. The molecule has 3 aliphatic rings. The van der Waals surface area contributed by atoms with Gasteiger partial charge in [0.1, 0.15) is 10.8 Å².